The topological polar surface area (TPSA) is 29.9 Å². The van der Waals surface area contributed by atoms with Crippen LogP contribution in [-0.4, -0.2) is 16.1 Å². The van der Waals surface area contributed by atoms with Crippen LogP contribution in [0.4, 0.5) is 5.95 Å². The Morgan fingerprint density at radius 1 is 1.27 bits per heavy atom. The first-order valence-electron chi connectivity index (χ1n) is 5.23. The zero-order chi connectivity index (χ0) is 10.1. The molecule has 0 bridgehead atoms. The molecule has 0 radical (unpaired) electrons. The lowest BCUT2D eigenvalue weighted by Crippen LogP contribution is -2.25. The Balaban J connectivity index is 1.88. The fourth-order valence-electron chi connectivity index (χ4n) is 2.09. The number of hydrogen-bond acceptors (Lipinski definition) is 2. The van der Waals surface area contributed by atoms with Gasteiger partial charge < -0.3 is 9.88 Å². The molecule has 3 heteroatoms. The van der Waals surface area contributed by atoms with Gasteiger partial charge in [-0.05, 0) is 5.56 Å². The lowest BCUT2D eigenvalue weighted by Gasteiger charge is -2.25. The molecular weight excluding hydrogens is 186 g/mol. The average molecular weight is 199 g/mol. The van der Waals surface area contributed by atoms with Crippen molar-refractivity contribution in [2.75, 3.05) is 11.9 Å². The van der Waals surface area contributed by atoms with E-state index in [1.54, 1.807) is 0 Å². The third-order valence-corrected chi connectivity index (χ3v) is 2.91. The molecule has 3 nitrogen and oxygen atoms in total. The van der Waals surface area contributed by atoms with Crippen LogP contribution in [0.5, 0.6) is 0 Å². The molecule has 2 heterocycles. The zero-order valence-electron chi connectivity index (χ0n) is 8.43. The summed E-state index contributed by atoms with van der Waals surface area (Å²) in [6, 6.07) is 10.6. The smallest absolute Gasteiger partial charge is 0.202 e. The molecule has 0 amide bonds. The van der Waals surface area contributed by atoms with Crippen molar-refractivity contribution in [2.24, 2.45) is 0 Å². The summed E-state index contributed by atoms with van der Waals surface area (Å²) in [4.78, 5) is 4.24. The fourth-order valence-corrected chi connectivity index (χ4v) is 2.09. The number of anilines is 1. The number of nitrogens with zero attached hydrogens (tertiary/aromatic N) is 2. The Bertz CT molecular complexity index is 447. The lowest BCUT2D eigenvalue weighted by molar-refractivity contribution is 0.548. The van der Waals surface area contributed by atoms with E-state index in [9.17, 15) is 0 Å². The van der Waals surface area contributed by atoms with Gasteiger partial charge in [-0.2, -0.15) is 0 Å². The first kappa shape index (κ1) is 8.53. The van der Waals surface area contributed by atoms with Crippen molar-refractivity contribution in [3.8, 4) is 0 Å². The Morgan fingerprint density at radius 3 is 3.00 bits per heavy atom. The molecule has 15 heavy (non-hydrogen) atoms. The van der Waals surface area contributed by atoms with E-state index in [0.29, 0.717) is 5.92 Å². The third kappa shape index (κ3) is 1.50. The van der Waals surface area contributed by atoms with Gasteiger partial charge in [0.05, 0.1) is 0 Å². The van der Waals surface area contributed by atoms with E-state index in [2.05, 4.69) is 45.2 Å². The summed E-state index contributed by atoms with van der Waals surface area (Å²) >= 11 is 0. The van der Waals surface area contributed by atoms with E-state index in [0.717, 1.165) is 19.0 Å². The summed E-state index contributed by atoms with van der Waals surface area (Å²) in [5, 5.41) is 3.34. The highest BCUT2D eigenvalue weighted by Crippen LogP contribution is 2.23. The van der Waals surface area contributed by atoms with Crippen LogP contribution in [-0.2, 0) is 6.54 Å². The van der Waals surface area contributed by atoms with Crippen LogP contribution >= 0.6 is 0 Å². The lowest BCUT2D eigenvalue weighted by atomic mass is 9.98. The van der Waals surface area contributed by atoms with Crippen molar-refractivity contribution in [1.29, 1.82) is 0 Å². The highest BCUT2D eigenvalue weighted by atomic mass is 15.2. The number of rotatable bonds is 1. The second-order valence-corrected chi connectivity index (χ2v) is 3.89. The summed E-state index contributed by atoms with van der Waals surface area (Å²) in [7, 11) is 0. The van der Waals surface area contributed by atoms with E-state index in [4.69, 9.17) is 0 Å². The van der Waals surface area contributed by atoms with Gasteiger partial charge in [-0.25, -0.2) is 4.98 Å². The standard InChI is InChI=1S/C12H13N3/c1-2-4-10(5-3-1)11-8-14-12-13-6-7-15(12)9-11/h1-7,11H,8-9H2,(H,13,14). The van der Waals surface area contributed by atoms with Crippen LogP contribution in [0.3, 0.4) is 0 Å². The minimum absolute atomic E-state index is 0.549. The predicted molar refractivity (Wildman–Crippen MR) is 59.9 cm³/mol. The average Bonchev–Trinajstić information content (AvgIpc) is 2.77. The molecule has 0 spiro atoms. The largest absolute Gasteiger partial charge is 0.355 e. The number of hydrogen-bond donors (Lipinski definition) is 1. The zero-order valence-corrected chi connectivity index (χ0v) is 8.43. The van der Waals surface area contributed by atoms with Crippen LogP contribution < -0.4 is 5.32 Å². The number of nitrogens with one attached hydrogen (secondary N) is 1. The molecule has 0 saturated heterocycles. The summed E-state index contributed by atoms with van der Waals surface area (Å²) < 4.78 is 2.17. The monoisotopic (exact) mass is 199 g/mol. The van der Waals surface area contributed by atoms with E-state index in [-0.39, 0.29) is 0 Å². The SMILES string of the molecule is c1ccc(C2CNc3nccn3C2)cc1. The molecule has 1 unspecified atom stereocenters. The summed E-state index contributed by atoms with van der Waals surface area (Å²) in [5.41, 5.74) is 1.39. The van der Waals surface area contributed by atoms with Gasteiger partial charge >= 0.3 is 0 Å². The van der Waals surface area contributed by atoms with Gasteiger partial charge in [0.15, 0.2) is 0 Å². The second-order valence-electron chi connectivity index (χ2n) is 3.89. The normalized spacial score (nSPS) is 19.3. The minimum Gasteiger partial charge on any atom is -0.355 e. The molecule has 1 aliphatic rings. The van der Waals surface area contributed by atoms with Gasteiger partial charge in [0.25, 0.3) is 0 Å². The van der Waals surface area contributed by atoms with Gasteiger partial charge in [0.1, 0.15) is 0 Å². The van der Waals surface area contributed by atoms with Gasteiger partial charge in [0, 0.05) is 31.4 Å². The van der Waals surface area contributed by atoms with Crippen molar-refractivity contribution >= 4 is 5.95 Å². The van der Waals surface area contributed by atoms with Crippen LogP contribution in [0, 0.1) is 0 Å². The van der Waals surface area contributed by atoms with E-state index < -0.39 is 0 Å². The van der Waals surface area contributed by atoms with Crippen LogP contribution in [0.1, 0.15) is 11.5 Å². The van der Waals surface area contributed by atoms with Crippen molar-refractivity contribution < 1.29 is 0 Å². The second kappa shape index (κ2) is 3.42. The number of imidazole rings is 1. The maximum Gasteiger partial charge on any atom is 0.202 e. The van der Waals surface area contributed by atoms with Crippen molar-refractivity contribution in [3.05, 3.63) is 48.3 Å². The van der Waals surface area contributed by atoms with E-state index >= 15 is 0 Å². The summed E-state index contributed by atoms with van der Waals surface area (Å²) in [5.74, 6) is 1.54. The van der Waals surface area contributed by atoms with E-state index in [1.807, 2.05) is 12.4 Å². The molecule has 1 atom stereocenters. The van der Waals surface area contributed by atoms with Crippen LogP contribution in [0.2, 0.25) is 0 Å². The molecular formula is C12H13N3. The summed E-state index contributed by atoms with van der Waals surface area (Å²) in [6.07, 6.45) is 3.87. The minimum atomic E-state index is 0.549. The number of benzene rings is 1. The molecule has 1 N–H and O–H groups in total. The fraction of sp³-hybridized carbons (Fsp3) is 0.250. The molecule has 1 aromatic carbocycles. The van der Waals surface area contributed by atoms with Crippen LogP contribution in [0.25, 0.3) is 0 Å². The molecule has 0 saturated carbocycles. The van der Waals surface area contributed by atoms with Gasteiger partial charge in [-0.15, -0.1) is 0 Å². The maximum atomic E-state index is 4.24. The van der Waals surface area contributed by atoms with Crippen molar-refractivity contribution in [2.45, 2.75) is 12.5 Å². The number of aromatic nitrogens is 2. The molecule has 0 fully saturated rings. The van der Waals surface area contributed by atoms with Crippen molar-refractivity contribution in [3.63, 3.8) is 0 Å². The van der Waals surface area contributed by atoms with Crippen molar-refractivity contribution in [1.82, 2.24) is 9.55 Å². The highest BCUT2D eigenvalue weighted by Gasteiger charge is 2.18. The molecule has 1 aromatic heterocycles. The molecule has 76 valence electrons. The van der Waals surface area contributed by atoms with E-state index in [1.165, 1.54) is 5.56 Å². The first-order chi connectivity index (χ1) is 7.43. The van der Waals surface area contributed by atoms with Gasteiger partial charge in [-0.3, -0.25) is 0 Å². The maximum absolute atomic E-state index is 4.24. The molecule has 1 aliphatic heterocycles. The Labute approximate surface area is 88.8 Å². The molecule has 2 aromatic rings. The Kier molecular flexibility index (Phi) is 1.95. The third-order valence-electron chi connectivity index (χ3n) is 2.91. The van der Waals surface area contributed by atoms with Gasteiger partial charge in [-0.1, -0.05) is 30.3 Å². The quantitative estimate of drug-likeness (QED) is 0.762. The molecule has 3 rings (SSSR count). The highest BCUT2D eigenvalue weighted by molar-refractivity contribution is 5.32. The Morgan fingerprint density at radius 2 is 2.13 bits per heavy atom. The molecule has 0 aliphatic carbocycles. The number of fused-ring (bicyclic) bond motifs is 1. The summed E-state index contributed by atoms with van der Waals surface area (Å²) in [6.45, 7) is 1.99. The first-order valence-corrected chi connectivity index (χ1v) is 5.23. The Hall–Kier alpha value is -1.77. The van der Waals surface area contributed by atoms with Gasteiger partial charge in [0.2, 0.25) is 5.95 Å². The predicted octanol–water partition coefficient (Wildman–Crippen LogP) is 2.09. The van der Waals surface area contributed by atoms with Crippen LogP contribution in [0.15, 0.2) is 42.7 Å².